The number of hydrogen-bond donors (Lipinski definition) is 0. The molecule has 2 aromatic carbocycles. The number of nitrogens with zero attached hydrogens (tertiary/aromatic N) is 2. The Labute approximate surface area is 151 Å². The van der Waals surface area contributed by atoms with Gasteiger partial charge >= 0.3 is 5.69 Å². The number of hydrogen-bond acceptors (Lipinski definition) is 3. The fourth-order valence-corrected chi connectivity index (χ4v) is 2.94. The Kier molecular flexibility index (Phi) is 4.47. The number of aryl methyl sites for hydroxylation is 4. The van der Waals surface area contributed by atoms with E-state index in [1.54, 1.807) is 37.3 Å². The average molecular weight is 348 g/mol. The number of aromatic nitrogens is 2. The maximum Gasteiger partial charge on any atom is 0.342 e. The zero-order chi connectivity index (χ0) is 19.0. The van der Waals surface area contributed by atoms with Crippen molar-refractivity contribution in [3.63, 3.8) is 0 Å². The highest BCUT2D eigenvalue weighted by molar-refractivity contribution is 5.95. The third kappa shape index (κ3) is 2.92. The molecule has 0 fully saturated rings. The highest BCUT2D eigenvalue weighted by Crippen LogP contribution is 2.18. The lowest BCUT2D eigenvalue weighted by molar-refractivity contribution is 0.0949. The van der Waals surface area contributed by atoms with E-state index in [0.717, 1.165) is 16.7 Å². The molecule has 0 aliphatic carbocycles. The molecule has 0 bridgehead atoms. The Morgan fingerprint density at radius 2 is 1.42 bits per heavy atom. The van der Waals surface area contributed by atoms with Gasteiger partial charge in [-0.15, -0.1) is 0 Å². The third-order valence-corrected chi connectivity index (χ3v) is 4.56. The Balaban J connectivity index is 2.30. The SMILES string of the molecule is Cc1cc(C)c(-n2cc(C)c(=O)n(C(=O)c3ccccc3)c2=O)cc1C. The van der Waals surface area contributed by atoms with Crippen molar-refractivity contribution < 1.29 is 4.79 Å². The standard InChI is InChI=1S/C21H20N2O3/c1-13-10-15(3)18(11-14(13)2)22-12-16(4)19(24)23(21(22)26)20(25)17-8-6-5-7-9-17/h5-12H,1-4H3. The second-order valence-electron chi connectivity index (χ2n) is 6.50. The molecule has 0 amide bonds. The molecule has 3 aromatic rings. The van der Waals surface area contributed by atoms with Crippen molar-refractivity contribution in [2.45, 2.75) is 27.7 Å². The first-order valence-electron chi connectivity index (χ1n) is 8.34. The molecule has 3 rings (SSSR count). The minimum Gasteiger partial charge on any atom is -0.268 e. The van der Waals surface area contributed by atoms with Crippen LogP contribution in [0.1, 0.15) is 32.6 Å². The van der Waals surface area contributed by atoms with Gasteiger partial charge in [-0.1, -0.05) is 24.3 Å². The van der Waals surface area contributed by atoms with Crippen LogP contribution in [0.5, 0.6) is 0 Å². The van der Waals surface area contributed by atoms with Crippen molar-refractivity contribution in [1.82, 2.24) is 9.13 Å². The predicted octanol–water partition coefficient (Wildman–Crippen LogP) is 2.92. The number of benzene rings is 2. The lowest BCUT2D eigenvalue weighted by Gasteiger charge is -2.15. The van der Waals surface area contributed by atoms with E-state index in [2.05, 4.69) is 0 Å². The molecule has 5 heteroatoms. The minimum atomic E-state index is -0.666. The maximum atomic E-state index is 13.0. The first kappa shape index (κ1) is 17.6. The van der Waals surface area contributed by atoms with Crippen LogP contribution in [0.25, 0.3) is 5.69 Å². The van der Waals surface area contributed by atoms with E-state index in [1.165, 1.54) is 10.8 Å². The molecular formula is C21H20N2O3. The van der Waals surface area contributed by atoms with Crippen molar-refractivity contribution >= 4 is 5.91 Å². The Morgan fingerprint density at radius 3 is 2.08 bits per heavy atom. The summed E-state index contributed by atoms with van der Waals surface area (Å²) in [6.07, 6.45) is 1.50. The summed E-state index contributed by atoms with van der Waals surface area (Å²) in [6.45, 7) is 7.46. The average Bonchev–Trinajstić information content (AvgIpc) is 2.62. The molecular weight excluding hydrogens is 328 g/mol. The van der Waals surface area contributed by atoms with E-state index in [1.807, 2.05) is 32.9 Å². The largest absolute Gasteiger partial charge is 0.342 e. The van der Waals surface area contributed by atoms with E-state index in [9.17, 15) is 14.4 Å². The molecule has 0 saturated heterocycles. The van der Waals surface area contributed by atoms with Gasteiger partial charge < -0.3 is 0 Å². The van der Waals surface area contributed by atoms with Crippen LogP contribution < -0.4 is 11.2 Å². The van der Waals surface area contributed by atoms with Crippen molar-refractivity contribution in [2.75, 3.05) is 0 Å². The van der Waals surface area contributed by atoms with Gasteiger partial charge in [0.25, 0.3) is 11.5 Å². The minimum absolute atomic E-state index is 0.292. The van der Waals surface area contributed by atoms with Crippen molar-refractivity contribution in [2.24, 2.45) is 0 Å². The Bertz CT molecular complexity index is 1120. The zero-order valence-corrected chi connectivity index (χ0v) is 15.2. The second-order valence-corrected chi connectivity index (χ2v) is 6.50. The van der Waals surface area contributed by atoms with Crippen LogP contribution in [0.4, 0.5) is 0 Å². The summed E-state index contributed by atoms with van der Waals surface area (Å²) < 4.78 is 2.08. The summed E-state index contributed by atoms with van der Waals surface area (Å²) in [5.74, 6) is -0.625. The zero-order valence-electron chi connectivity index (χ0n) is 15.2. The van der Waals surface area contributed by atoms with Crippen LogP contribution in [-0.2, 0) is 0 Å². The molecule has 1 aromatic heterocycles. The molecule has 0 aliphatic rings. The third-order valence-electron chi connectivity index (χ3n) is 4.56. The summed E-state index contributed by atoms with van der Waals surface area (Å²) >= 11 is 0. The summed E-state index contributed by atoms with van der Waals surface area (Å²) in [5.41, 5.74) is 3.06. The van der Waals surface area contributed by atoms with E-state index in [4.69, 9.17) is 0 Å². The van der Waals surface area contributed by atoms with Gasteiger partial charge in [0, 0.05) is 17.3 Å². The molecule has 0 aliphatic heterocycles. The number of rotatable bonds is 2. The second kappa shape index (κ2) is 6.59. The lowest BCUT2D eigenvalue weighted by atomic mass is 10.0. The van der Waals surface area contributed by atoms with Crippen LogP contribution in [0.3, 0.4) is 0 Å². The quantitative estimate of drug-likeness (QED) is 0.715. The van der Waals surface area contributed by atoms with Crippen LogP contribution >= 0.6 is 0 Å². The molecule has 0 atom stereocenters. The molecule has 1 heterocycles. The fraction of sp³-hybridized carbons (Fsp3) is 0.190. The van der Waals surface area contributed by atoms with Gasteiger partial charge in [0.15, 0.2) is 0 Å². The van der Waals surface area contributed by atoms with E-state index in [-0.39, 0.29) is 0 Å². The van der Waals surface area contributed by atoms with Gasteiger partial charge in [-0.25, -0.2) is 4.79 Å². The van der Waals surface area contributed by atoms with Crippen LogP contribution in [0, 0.1) is 27.7 Å². The monoisotopic (exact) mass is 348 g/mol. The Hall–Kier alpha value is -3.21. The molecule has 0 radical (unpaired) electrons. The molecule has 5 nitrogen and oxygen atoms in total. The van der Waals surface area contributed by atoms with E-state index in [0.29, 0.717) is 21.4 Å². The topological polar surface area (TPSA) is 61.1 Å². The summed E-state index contributed by atoms with van der Waals surface area (Å²) in [4.78, 5) is 38.3. The van der Waals surface area contributed by atoms with Gasteiger partial charge in [-0.2, -0.15) is 4.57 Å². The molecule has 0 N–H and O–H groups in total. The van der Waals surface area contributed by atoms with Crippen molar-refractivity contribution in [1.29, 1.82) is 0 Å². The normalized spacial score (nSPS) is 10.8. The van der Waals surface area contributed by atoms with E-state index < -0.39 is 17.2 Å². The van der Waals surface area contributed by atoms with Crippen LogP contribution in [0.15, 0.2) is 58.3 Å². The van der Waals surface area contributed by atoms with E-state index >= 15 is 0 Å². The first-order valence-corrected chi connectivity index (χ1v) is 8.34. The maximum absolute atomic E-state index is 13.0. The number of carbonyl (C=O) groups is 1. The van der Waals surface area contributed by atoms with Gasteiger partial charge in [0.2, 0.25) is 0 Å². The fourth-order valence-electron chi connectivity index (χ4n) is 2.94. The van der Waals surface area contributed by atoms with Crippen LogP contribution in [-0.4, -0.2) is 15.0 Å². The molecule has 132 valence electrons. The smallest absolute Gasteiger partial charge is 0.268 e. The summed E-state index contributed by atoms with van der Waals surface area (Å²) in [5, 5.41) is 0. The highest BCUT2D eigenvalue weighted by Gasteiger charge is 2.18. The van der Waals surface area contributed by atoms with Crippen LogP contribution in [0.2, 0.25) is 0 Å². The summed E-state index contributed by atoms with van der Waals surface area (Å²) in [7, 11) is 0. The lowest BCUT2D eigenvalue weighted by Crippen LogP contribution is -2.44. The molecule has 26 heavy (non-hydrogen) atoms. The Morgan fingerprint density at radius 1 is 0.808 bits per heavy atom. The first-order chi connectivity index (χ1) is 12.3. The molecule has 0 unspecified atom stereocenters. The summed E-state index contributed by atoms with van der Waals surface area (Å²) in [6, 6.07) is 12.2. The van der Waals surface area contributed by atoms with Crippen molar-refractivity contribution in [3.8, 4) is 5.69 Å². The van der Waals surface area contributed by atoms with Crippen molar-refractivity contribution in [3.05, 3.63) is 97.3 Å². The molecule has 0 saturated carbocycles. The van der Waals surface area contributed by atoms with Gasteiger partial charge in [-0.3, -0.25) is 14.2 Å². The van der Waals surface area contributed by atoms with Gasteiger partial charge in [0.05, 0.1) is 5.69 Å². The number of carbonyl (C=O) groups excluding carboxylic acids is 1. The van der Waals surface area contributed by atoms with Gasteiger partial charge in [0.1, 0.15) is 0 Å². The highest BCUT2D eigenvalue weighted by atomic mass is 16.2. The molecule has 0 spiro atoms. The van der Waals surface area contributed by atoms with Gasteiger partial charge in [-0.05, 0) is 62.6 Å². The predicted molar refractivity (Wildman–Crippen MR) is 101 cm³/mol.